The third-order valence-electron chi connectivity index (χ3n) is 4.57. The number of rotatable bonds is 2. The molecule has 0 atom stereocenters. The van der Waals surface area contributed by atoms with Crippen LogP contribution in [0.3, 0.4) is 0 Å². The number of ketones is 1. The molecule has 2 aromatic carbocycles. The molecule has 0 amide bonds. The molecule has 1 aliphatic rings. The van der Waals surface area contributed by atoms with Crippen LogP contribution in [0.4, 0.5) is 23.2 Å². The van der Waals surface area contributed by atoms with Gasteiger partial charge in [-0.3, -0.25) is 4.79 Å². The highest BCUT2D eigenvalue weighted by Crippen LogP contribution is 2.38. The Morgan fingerprint density at radius 1 is 1.00 bits per heavy atom. The third kappa shape index (κ3) is 2.97. The van der Waals surface area contributed by atoms with Gasteiger partial charge in [-0.2, -0.15) is 0 Å². The lowest BCUT2D eigenvalue weighted by atomic mass is 9.88. The number of benzene rings is 2. The van der Waals surface area contributed by atoms with Crippen molar-refractivity contribution in [1.82, 2.24) is 0 Å². The van der Waals surface area contributed by atoms with Crippen LogP contribution in [-0.2, 0) is 0 Å². The van der Waals surface area contributed by atoms with Gasteiger partial charge in [0.1, 0.15) is 5.75 Å². The van der Waals surface area contributed by atoms with Gasteiger partial charge in [0.2, 0.25) is 0 Å². The number of nitrogens with one attached hydrogen (secondary N) is 1. The van der Waals surface area contributed by atoms with E-state index in [1.165, 1.54) is 12.1 Å². The van der Waals surface area contributed by atoms with Crippen molar-refractivity contribution in [2.24, 2.45) is 0 Å². The van der Waals surface area contributed by atoms with Crippen LogP contribution in [0.5, 0.6) is 5.75 Å². The molecule has 0 spiro atoms. The second kappa shape index (κ2) is 6.11. The summed E-state index contributed by atoms with van der Waals surface area (Å²) in [5, 5.41) is 13.4. The van der Waals surface area contributed by atoms with E-state index in [0.29, 0.717) is 11.3 Å². The monoisotopic (exact) mass is 379 g/mol. The first-order valence-corrected chi connectivity index (χ1v) is 8.17. The van der Waals surface area contributed by atoms with Crippen LogP contribution in [0.15, 0.2) is 18.2 Å². The fraction of sp³-hybridized carbons (Fsp3) is 0.250. The molecule has 27 heavy (non-hydrogen) atoms. The lowest BCUT2D eigenvalue weighted by molar-refractivity contribution is 0.103. The summed E-state index contributed by atoms with van der Waals surface area (Å²) in [4.78, 5) is 12.7. The Kier molecular flexibility index (Phi) is 4.29. The minimum atomic E-state index is -2.07. The fourth-order valence-electron chi connectivity index (χ4n) is 3.35. The van der Waals surface area contributed by atoms with Crippen molar-refractivity contribution >= 4 is 17.0 Å². The Balaban J connectivity index is 2.20. The van der Waals surface area contributed by atoms with E-state index in [-0.39, 0.29) is 11.1 Å². The van der Waals surface area contributed by atoms with Crippen molar-refractivity contribution in [1.29, 1.82) is 0 Å². The normalized spacial score (nSPS) is 15.0. The predicted molar refractivity (Wildman–Crippen MR) is 93.9 cm³/mol. The summed E-state index contributed by atoms with van der Waals surface area (Å²) < 4.78 is 55.0. The molecule has 2 aromatic rings. The van der Waals surface area contributed by atoms with E-state index in [9.17, 15) is 27.5 Å². The van der Waals surface area contributed by atoms with Gasteiger partial charge in [0, 0.05) is 22.9 Å². The van der Waals surface area contributed by atoms with Crippen LogP contribution in [0.25, 0.3) is 5.57 Å². The molecule has 0 fully saturated rings. The van der Waals surface area contributed by atoms with E-state index in [2.05, 4.69) is 5.32 Å². The number of hydrogen-bond donors (Lipinski definition) is 2. The summed E-state index contributed by atoms with van der Waals surface area (Å²) in [5.41, 5.74) is -0.403. The average Bonchev–Trinajstić information content (AvgIpc) is 2.56. The van der Waals surface area contributed by atoms with Crippen molar-refractivity contribution in [3.8, 4) is 5.75 Å². The van der Waals surface area contributed by atoms with Crippen LogP contribution >= 0.6 is 0 Å². The Hall–Kier alpha value is -2.83. The van der Waals surface area contributed by atoms with Gasteiger partial charge in [0.25, 0.3) is 0 Å². The number of aromatic hydroxyl groups is 1. The first kappa shape index (κ1) is 18.9. The summed E-state index contributed by atoms with van der Waals surface area (Å²) in [6.07, 6.45) is 1.91. The minimum absolute atomic E-state index is 0.338. The summed E-state index contributed by atoms with van der Waals surface area (Å²) in [6, 6.07) is 2.61. The lowest BCUT2D eigenvalue weighted by Crippen LogP contribution is -2.31. The zero-order valence-electron chi connectivity index (χ0n) is 15.1. The smallest absolute Gasteiger partial charge is 0.200 e. The van der Waals surface area contributed by atoms with E-state index in [4.69, 9.17) is 0 Å². The van der Waals surface area contributed by atoms with E-state index >= 15 is 0 Å². The van der Waals surface area contributed by atoms with E-state index in [0.717, 1.165) is 12.5 Å². The number of allylic oxidation sites excluding steroid dienone is 1. The van der Waals surface area contributed by atoms with Gasteiger partial charge in [0.05, 0.1) is 16.7 Å². The van der Waals surface area contributed by atoms with E-state index in [1.807, 2.05) is 19.9 Å². The van der Waals surface area contributed by atoms with Crippen molar-refractivity contribution in [3.63, 3.8) is 0 Å². The summed E-state index contributed by atoms with van der Waals surface area (Å²) in [6.45, 7) is 6.60. The number of carbonyl (C=O) groups is 1. The van der Waals surface area contributed by atoms with Crippen molar-refractivity contribution in [3.05, 3.63) is 63.7 Å². The SMILES string of the molecule is CC1=CC(C)(C)Nc2cc(O)c(C(=O)c3c(C)c(F)c(F)c(F)c3F)cc21. The second-order valence-electron chi connectivity index (χ2n) is 7.17. The molecule has 142 valence electrons. The Labute approximate surface area is 153 Å². The first-order valence-electron chi connectivity index (χ1n) is 8.17. The Morgan fingerprint density at radius 3 is 2.22 bits per heavy atom. The largest absolute Gasteiger partial charge is 0.507 e. The predicted octanol–water partition coefficient (Wildman–Crippen LogP) is 5.10. The first-order chi connectivity index (χ1) is 12.4. The lowest BCUT2D eigenvalue weighted by Gasteiger charge is -2.31. The van der Waals surface area contributed by atoms with Crippen LogP contribution in [0.2, 0.25) is 0 Å². The number of anilines is 1. The number of phenolic OH excluding ortho intramolecular Hbond substituents is 1. The molecular weight excluding hydrogens is 362 g/mol. The van der Waals surface area contributed by atoms with Crippen LogP contribution in [0, 0.1) is 30.2 Å². The number of hydrogen-bond acceptors (Lipinski definition) is 3. The van der Waals surface area contributed by atoms with Gasteiger partial charge < -0.3 is 10.4 Å². The molecule has 2 N–H and O–H groups in total. The average molecular weight is 379 g/mol. The molecule has 0 bridgehead atoms. The van der Waals surface area contributed by atoms with Gasteiger partial charge >= 0.3 is 0 Å². The number of phenols is 1. The van der Waals surface area contributed by atoms with Crippen molar-refractivity contribution in [2.75, 3.05) is 5.32 Å². The molecule has 0 radical (unpaired) electrons. The Morgan fingerprint density at radius 2 is 1.59 bits per heavy atom. The maximum Gasteiger partial charge on any atom is 0.200 e. The molecule has 0 aromatic heterocycles. The zero-order chi connectivity index (χ0) is 20.3. The fourth-order valence-corrected chi connectivity index (χ4v) is 3.35. The molecule has 0 saturated heterocycles. The van der Waals surface area contributed by atoms with Gasteiger partial charge in [-0.15, -0.1) is 0 Å². The molecule has 1 heterocycles. The topological polar surface area (TPSA) is 49.3 Å². The third-order valence-corrected chi connectivity index (χ3v) is 4.57. The van der Waals surface area contributed by atoms with Crippen LogP contribution in [0.1, 0.15) is 47.8 Å². The molecule has 0 aliphatic carbocycles. The standard InChI is InChI=1S/C20H17F4NO2/c1-8-7-20(3,4)25-12-6-13(26)11(5-10(8)12)19(27)14-9(2)15(21)17(23)18(24)16(14)22/h5-7,25-26H,1-4H3. The highest BCUT2D eigenvalue weighted by molar-refractivity contribution is 6.12. The second-order valence-corrected chi connectivity index (χ2v) is 7.17. The molecule has 7 heteroatoms. The van der Waals surface area contributed by atoms with E-state index in [1.54, 1.807) is 6.92 Å². The summed E-state index contributed by atoms with van der Waals surface area (Å²) >= 11 is 0. The molecular formula is C20H17F4NO2. The van der Waals surface area contributed by atoms with Gasteiger partial charge in [-0.05, 0) is 39.3 Å². The molecule has 3 rings (SSSR count). The molecule has 1 aliphatic heterocycles. The van der Waals surface area contributed by atoms with Gasteiger partial charge in [0.15, 0.2) is 29.1 Å². The number of carbonyl (C=O) groups excluding carboxylic acids is 1. The van der Waals surface area contributed by atoms with Crippen molar-refractivity contribution in [2.45, 2.75) is 33.2 Å². The van der Waals surface area contributed by atoms with Crippen LogP contribution in [-0.4, -0.2) is 16.4 Å². The maximum absolute atomic E-state index is 14.2. The molecule has 3 nitrogen and oxygen atoms in total. The molecule has 0 unspecified atom stereocenters. The van der Waals surface area contributed by atoms with Gasteiger partial charge in [-0.1, -0.05) is 6.08 Å². The minimum Gasteiger partial charge on any atom is -0.507 e. The highest BCUT2D eigenvalue weighted by Gasteiger charge is 2.30. The molecule has 0 saturated carbocycles. The quantitative estimate of drug-likeness (QED) is 0.331. The highest BCUT2D eigenvalue weighted by atomic mass is 19.2. The van der Waals surface area contributed by atoms with Crippen molar-refractivity contribution < 1.29 is 27.5 Å². The maximum atomic E-state index is 14.2. The zero-order valence-corrected chi connectivity index (χ0v) is 15.1. The number of fused-ring (bicyclic) bond motifs is 1. The van der Waals surface area contributed by atoms with Crippen LogP contribution < -0.4 is 5.32 Å². The summed E-state index contributed by atoms with van der Waals surface area (Å²) in [7, 11) is 0. The number of halogens is 4. The Bertz CT molecular complexity index is 996. The van der Waals surface area contributed by atoms with E-state index < -0.39 is 45.9 Å². The summed E-state index contributed by atoms with van der Waals surface area (Å²) in [5.74, 6) is -9.12. The van der Waals surface area contributed by atoms with Gasteiger partial charge in [-0.25, -0.2) is 17.6 Å².